The summed E-state index contributed by atoms with van der Waals surface area (Å²) in [6.45, 7) is 1.44. The Morgan fingerprint density at radius 3 is 2.91 bits per heavy atom. The van der Waals surface area contributed by atoms with E-state index in [0.717, 1.165) is 25.0 Å². The van der Waals surface area contributed by atoms with Crippen LogP contribution >= 0.6 is 0 Å². The highest BCUT2D eigenvalue weighted by atomic mass is 16.5. The second kappa shape index (κ2) is 6.92. The molecule has 1 aromatic carbocycles. The van der Waals surface area contributed by atoms with Crippen molar-refractivity contribution in [2.24, 2.45) is 0 Å². The van der Waals surface area contributed by atoms with Crippen LogP contribution in [-0.4, -0.2) is 24.2 Å². The van der Waals surface area contributed by atoms with Crippen LogP contribution in [0.3, 0.4) is 0 Å². The summed E-state index contributed by atoms with van der Waals surface area (Å²) in [7, 11) is 0. The van der Waals surface area contributed by atoms with Crippen molar-refractivity contribution in [3.63, 3.8) is 0 Å². The second-order valence-electron chi connectivity index (χ2n) is 5.10. The van der Waals surface area contributed by atoms with Crippen molar-refractivity contribution in [2.75, 3.05) is 18.5 Å². The summed E-state index contributed by atoms with van der Waals surface area (Å²) in [6, 6.07) is 11.9. The molecule has 5 heteroatoms. The van der Waals surface area contributed by atoms with Crippen molar-refractivity contribution in [3.05, 3.63) is 47.5 Å². The van der Waals surface area contributed by atoms with Gasteiger partial charge in [-0.05, 0) is 24.5 Å². The first-order chi connectivity index (χ1) is 10.8. The van der Waals surface area contributed by atoms with Gasteiger partial charge in [-0.3, -0.25) is 0 Å². The zero-order valence-electron chi connectivity index (χ0n) is 12.2. The Kier molecular flexibility index (Phi) is 4.52. The van der Waals surface area contributed by atoms with E-state index in [-0.39, 0.29) is 11.8 Å². The van der Waals surface area contributed by atoms with E-state index in [4.69, 9.17) is 14.4 Å². The first-order valence-corrected chi connectivity index (χ1v) is 7.34. The van der Waals surface area contributed by atoms with Gasteiger partial charge in [0.25, 0.3) is 0 Å². The van der Waals surface area contributed by atoms with Gasteiger partial charge in [0.15, 0.2) is 0 Å². The largest absolute Gasteiger partial charge is 0.420 e. The molecule has 1 aromatic heterocycles. The number of rotatable bonds is 5. The van der Waals surface area contributed by atoms with Gasteiger partial charge in [-0.15, -0.1) is 0 Å². The predicted molar refractivity (Wildman–Crippen MR) is 84.1 cm³/mol. The summed E-state index contributed by atoms with van der Waals surface area (Å²) in [4.78, 5) is 4.17. The van der Waals surface area contributed by atoms with Gasteiger partial charge >= 0.3 is 0 Å². The second-order valence-corrected chi connectivity index (χ2v) is 5.10. The van der Waals surface area contributed by atoms with Gasteiger partial charge < -0.3 is 14.5 Å². The fraction of sp³-hybridized carbons (Fsp3) is 0.294. The van der Waals surface area contributed by atoms with Gasteiger partial charge in [0.1, 0.15) is 6.07 Å². The van der Waals surface area contributed by atoms with Crippen molar-refractivity contribution in [1.29, 1.82) is 5.26 Å². The molecule has 1 aliphatic rings. The van der Waals surface area contributed by atoms with Crippen LogP contribution in [0.5, 0.6) is 0 Å². The third-order valence-electron chi connectivity index (χ3n) is 3.48. The summed E-state index contributed by atoms with van der Waals surface area (Å²) in [5.74, 6) is 0.820. The highest BCUT2D eigenvalue weighted by Crippen LogP contribution is 2.20. The van der Waals surface area contributed by atoms with Gasteiger partial charge in [-0.25, -0.2) is 0 Å². The third kappa shape index (κ3) is 3.54. The number of oxazole rings is 1. The standard InChI is InChI=1S/C17H17N3O2/c18-11-15-17(19-12-14-7-4-10-21-14)22-16(20-15)9-8-13-5-2-1-3-6-13/h1-3,5-6,8-9,14,19H,4,7,10,12H2. The number of nitrogens with zero attached hydrogens (tertiary/aromatic N) is 2. The van der Waals surface area contributed by atoms with Gasteiger partial charge in [0.05, 0.1) is 6.10 Å². The maximum absolute atomic E-state index is 9.14. The Morgan fingerprint density at radius 1 is 1.32 bits per heavy atom. The van der Waals surface area contributed by atoms with Crippen LogP contribution in [-0.2, 0) is 4.74 Å². The molecule has 1 fully saturated rings. The lowest BCUT2D eigenvalue weighted by molar-refractivity contribution is 0.120. The van der Waals surface area contributed by atoms with Gasteiger partial charge in [-0.2, -0.15) is 10.2 Å². The first kappa shape index (κ1) is 14.4. The molecule has 0 saturated carbocycles. The summed E-state index contributed by atoms with van der Waals surface area (Å²) in [5.41, 5.74) is 1.32. The van der Waals surface area contributed by atoms with Crippen molar-refractivity contribution in [1.82, 2.24) is 4.98 Å². The van der Waals surface area contributed by atoms with E-state index in [1.165, 1.54) is 0 Å². The van der Waals surface area contributed by atoms with Crippen LogP contribution in [0.2, 0.25) is 0 Å². The van der Waals surface area contributed by atoms with Crippen LogP contribution in [0.25, 0.3) is 12.2 Å². The minimum atomic E-state index is 0.181. The molecule has 0 spiro atoms. The van der Waals surface area contributed by atoms with Crippen LogP contribution < -0.4 is 5.32 Å². The smallest absolute Gasteiger partial charge is 0.232 e. The fourth-order valence-corrected chi connectivity index (χ4v) is 2.35. The van der Waals surface area contributed by atoms with Crippen LogP contribution in [0.1, 0.15) is 30.0 Å². The highest BCUT2D eigenvalue weighted by Gasteiger charge is 2.17. The lowest BCUT2D eigenvalue weighted by atomic mass is 10.2. The maximum Gasteiger partial charge on any atom is 0.232 e. The van der Waals surface area contributed by atoms with E-state index in [0.29, 0.717) is 18.3 Å². The monoisotopic (exact) mass is 295 g/mol. The molecule has 1 saturated heterocycles. The molecule has 3 rings (SSSR count). The Bertz CT molecular complexity index is 680. The molecule has 0 aliphatic carbocycles. The van der Waals surface area contributed by atoms with Crippen molar-refractivity contribution in [2.45, 2.75) is 18.9 Å². The van der Waals surface area contributed by atoms with Crippen LogP contribution in [0.4, 0.5) is 5.88 Å². The number of benzene rings is 1. The first-order valence-electron chi connectivity index (χ1n) is 7.34. The number of ether oxygens (including phenoxy) is 1. The van der Waals surface area contributed by atoms with E-state index in [2.05, 4.69) is 10.3 Å². The van der Waals surface area contributed by atoms with Crippen molar-refractivity contribution in [3.8, 4) is 6.07 Å². The Balaban J connectivity index is 1.68. The zero-order valence-corrected chi connectivity index (χ0v) is 12.2. The fourth-order valence-electron chi connectivity index (χ4n) is 2.35. The minimum absolute atomic E-state index is 0.181. The summed E-state index contributed by atoms with van der Waals surface area (Å²) in [5, 5.41) is 12.3. The lowest BCUT2D eigenvalue weighted by Gasteiger charge is -2.09. The van der Waals surface area contributed by atoms with E-state index in [1.807, 2.05) is 42.5 Å². The topological polar surface area (TPSA) is 71.1 Å². The molecule has 1 aliphatic heterocycles. The lowest BCUT2D eigenvalue weighted by Crippen LogP contribution is -2.18. The average Bonchev–Trinajstić information content (AvgIpc) is 3.21. The quantitative estimate of drug-likeness (QED) is 0.916. The molecule has 2 heterocycles. The molecule has 2 aromatic rings. The highest BCUT2D eigenvalue weighted by molar-refractivity contribution is 5.67. The van der Waals surface area contributed by atoms with E-state index < -0.39 is 0 Å². The molecule has 0 radical (unpaired) electrons. The van der Waals surface area contributed by atoms with Crippen molar-refractivity contribution >= 4 is 18.0 Å². The Morgan fingerprint density at radius 2 is 2.18 bits per heavy atom. The summed E-state index contributed by atoms with van der Waals surface area (Å²) in [6.07, 6.45) is 5.95. The molecule has 1 N–H and O–H groups in total. The SMILES string of the molecule is N#Cc1nc(C=Cc2ccccc2)oc1NCC1CCCO1. The number of nitrogens with one attached hydrogen (secondary N) is 1. The van der Waals surface area contributed by atoms with Crippen molar-refractivity contribution < 1.29 is 9.15 Å². The van der Waals surface area contributed by atoms with E-state index in [1.54, 1.807) is 6.08 Å². The molecule has 112 valence electrons. The normalized spacial score (nSPS) is 17.7. The number of hydrogen-bond acceptors (Lipinski definition) is 5. The molecule has 1 unspecified atom stereocenters. The number of hydrogen-bond donors (Lipinski definition) is 1. The third-order valence-corrected chi connectivity index (χ3v) is 3.48. The molecule has 0 amide bonds. The van der Waals surface area contributed by atoms with Gasteiger partial charge in [0.2, 0.25) is 17.5 Å². The average molecular weight is 295 g/mol. The molecule has 1 atom stereocenters. The Labute approximate surface area is 129 Å². The van der Waals surface area contributed by atoms with Gasteiger partial charge in [-0.1, -0.05) is 30.3 Å². The Hall–Kier alpha value is -2.58. The molecule has 0 bridgehead atoms. The molecule has 5 nitrogen and oxygen atoms in total. The minimum Gasteiger partial charge on any atom is -0.420 e. The molecular weight excluding hydrogens is 278 g/mol. The number of nitriles is 1. The molecular formula is C17H17N3O2. The predicted octanol–water partition coefficient (Wildman–Crippen LogP) is 3.31. The summed E-state index contributed by atoms with van der Waals surface area (Å²) < 4.78 is 11.1. The molecule has 22 heavy (non-hydrogen) atoms. The number of anilines is 1. The summed E-state index contributed by atoms with van der Waals surface area (Å²) >= 11 is 0. The van der Waals surface area contributed by atoms with Crippen LogP contribution in [0, 0.1) is 11.3 Å². The van der Waals surface area contributed by atoms with Gasteiger partial charge in [0, 0.05) is 19.2 Å². The van der Waals surface area contributed by atoms with Crippen LogP contribution in [0.15, 0.2) is 34.7 Å². The number of aromatic nitrogens is 1. The zero-order chi connectivity index (χ0) is 15.2. The maximum atomic E-state index is 9.14. The van der Waals surface area contributed by atoms with E-state index in [9.17, 15) is 0 Å². The van der Waals surface area contributed by atoms with E-state index >= 15 is 0 Å².